The molecule has 0 saturated heterocycles. The zero-order valence-corrected chi connectivity index (χ0v) is 15.0. The number of carbonyl (C=O) groups excluding carboxylic acids is 2. The largest absolute Gasteiger partial charge is 0.449 e. The molecule has 3 rings (SSSR count). The molecule has 0 fully saturated rings. The molecule has 134 valence electrons. The second-order valence-corrected chi connectivity index (χ2v) is 6.17. The number of likely N-dealkylation sites (N-methyl/N-ethyl adjacent to an activating group) is 1. The predicted molar refractivity (Wildman–Crippen MR) is 102 cm³/mol. The normalized spacial score (nSPS) is 14.8. The number of hydrogen-bond donors (Lipinski definition) is 1. The summed E-state index contributed by atoms with van der Waals surface area (Å²) in [5, 5.41) is 2.88. The van der Waals surface area contributed by atoms with Gasteiger partial charge in [-0.05, 0) is 42.3 Å². The molecular weight excluding hydrogens is 328 g/mol. The smallest absolute Gasteiger partial charge is 0.293 e. The van der Waals surface area contributed by atoms with E-state index in [1.54, 1.807) is 42.3 Å². The molecule has 1 aliphatic heterocycles. The Labute approximate surface area is 153 Å². The number of carbonyl (C=O) groups is 2. The summed E-state index contributed by atoms with van der Waals surface area (Å²) in [6.45, 7) is 2.76. The van der Waals surface area contributed by atoms with E-state index in [4.69, 9.17) is 4.74 Å². The van der Waals surface area contributed by atoms with Gasteiger partial charge in [-0.2, -0.15) is 0 Å². The first-order valence-electron chi connectivity index (χ1n) is 8.75. The van der Waals surface area contributed by atoms with Crippen molar-refractivity contribution in [2.75, 3.05) is 18.5 Å². The molecule has 2 aromatic rings. The van der Waals surface area contributed by atoms with Crippen LogP contribution in [0.25, 0.3) is 6.08 Å². The second kappa shape index (κ2) is 7.87. The Bertz CT molecular complexity index is 841. The van der Waals surface area contributed by atoms with E-state index in [0.717, 1.165) is 24.1 Å². The first kappa shape index (κ1) is 17.7. The van der Waals surface area contributed by atoms with Gasteiger partial charge in [0, 0.05) is 19.2 Å². The highest BCUT2D eigenvalue weighted by Gasteiger charge is 2.27. The monoisotopic (exact) mass is 350 g/mol. The molecule has 1 heterocycles. The van der Waals surface area contributed by atoms with Crippen LogP contribution < -0.4 is 15.0 Å². The Morgan fingerprint density at radius 1 is 1.15 bits per heavy atom. The second-order valence-electron chi connectivity index (χ2n) is 6.17. The van der Waals surface area contributed by atoms with Crippen LogP contribution in [-0.2, 0) is 4.79 Å². The summed E-state index contributed by atoms with van der Waals surface area (Å²) >= 11 is 0. The zero-order valence-electron chi connectivity index (χ0n) is 15.0. The summed E-state index contributed by atoms with van der Waals surface area (Å²) in [4.78, 5) is 26.1. The van der Waals surface area contributed by atoms with Crippen molar-refractivity contribution in [3.8, 4) is 5.75 Å². The number of fused-ring (bicyclic) bond motifs is 1. The van der Waals surface area contributed by atoms with Gasteiger partial charge in [-0.3, -0.25) is 9.59 Å². The number of nitrogens with zero attached hydrogens (tertiary/aromatic N) is 1. The van der Waals surface area contributed by atoms with E-state index in [2.05, 4.69) is 12.2 Å². The molecule has 0 atom stereocenters. The lowest BCUT2D eigenvalue weighted by atomic mass is 10.1. The summed E-state index contributed by atoms with van der Waals surface area (Å²) in [6, 6.07) is 14.5. The van der Waals surface area contributed by atoms with Crippen LogP contribution >= 0.6 is 0 Å². The molecule has 5 nitrogen and oxygen atoms in total. The van der Waals surface area contributed by atoms with Gasteiger partial charge in [0.2, 0.25) is 0 Å². The quantitative estimate of drug-likeness (QED) is 0.662. The Hall–Kier alpha value is -3.08. The molecule has 0 saturated carbocycles. The average molecular weight is 350 g/mol. The molecule has 5 heteroatoms. The molecule has 0 radical (unpaired) electrons. The van der Waals surface area contributed by atoms with Gasteiger partial charge < -0.3 is 15.0 Å². The topological polar surface area (TPSA) is 58.6 Å². The molecule has 1 N–H and O–H groups in total. The Morgan fingerprint density at radius 3 is 2.62 bits per heavy atom. The Morgan fingerprint density at radius 2 is 1.88 bits per heavy atom. The molecule has 2 amide bonds. The number of nitrogens with one attached hydrogen (secondary N) is 1. The summed E-state index contributed by atoms with van der Waals surface area (Å²) < 4.78 is 5.75. The van der Waals surface area contributed by atoms with E-state index < -0.39 is 0 Å². The third-order valence-electron chi connectivity index (χ3n) is 4.25. The first-order chi connectivity index (χ1) is 12.6. The Balaban J connectivity index is 1.76. The first-order valence-corrected chi connectivity index (χ1v) is 8.75. The predicted octanol–water partition coefficient (Wildman–Crippen LogP) is 3.61. The number of benzene rings is 2. The molecule has 0 spiro atoms. The number of anilines is 1. The lowest BCUT2D eigenvalue weighted by Gasteiger charge is -2.27. The summed E-state index contributed by atoms with van der Waals surface area (Å²) in [5.74, 6) is 0.612. The molecule has 0 bridgehead atoms. The maximum absolute atomic E-state index is 12.5. The number of para-hydroxylation sites is 2. The standard InChI is InChI=1S/C21H22N2O3/c1-3-4-13-22-20(24)16-11-9-15(10-12-16)14-19-21(25)23(2)17-7-5-6-8-18(17)26-19/h5-12,14H,3-4,13H2,1-2H3,(H,22,24)/b19-14-. The highest BCUT2D eigenvalue weighted by Crippen LogP contribution is 2.34. The summed E-state index contributed by atoms with van der Waals surface area (Å²) in [6.07, 6.45) is 3.69. The van der Waals surface area contributed by atoms with Crippen molar-refractivity contribution in [3.05, 3.63) is 65.4 Å². The van der Waals surface area contributed by atoms with Crippen LogP contribution in [-0.4, -0.2) is 25.4 Å². The number of unbranched alkanes of at least 4 members (excludes halogenated alkanes) is 1. The highest BCUT2D eigenvalue weighted by atomic mass is 16.5. The van der Waals surface area contributed by atoms with Gasteiger partial charge >= 0.3 is 0 Å². The minimum atomic E-state index is -0.204. The van der Waals surface area contributed by atoms with E-state index >= 15 is 0 Å². The van der Waals surface area contributed by atoms with Crippen molar-refractivity contribution < 1.29 is 14.3 Å². The van der Waals surface area contributed by atoms with E-state index in [1.807, 2.05) is 24.3 Å². The molecule has 1 aliphatic rings. The SMILES string of the molecule is CCCCNC(=O)c1ccc(/C=C2\Oc3ccccc3N(C)C2=O)cc1. The van der Waals surface area contributed by atoms with Gasteiger partial charge in [0.1, 0.15) is 0 Å². The van der Waals surface area contributed by atoms with Crippen molar-refractivity contribution in [2.24, 2.45) is 0 Å². The zero-order chi connectivity index (χ0) is 18.5. The molecular formula is C21H22N2O3. The third kappa shape index (κ3) is 3.77. The number of rotatable bonds is 5. The van der Waals surface area contributed by atoms with E-state index in [-0.39, 0.29) is 17.6 Å². The molecule has 0 aliphatic carbocycles. The summed E-state index contributed by atoms with van der Waals surface area (Å²) in [5.41, 5.74) is 2.14. The molecule has 2 aromatic carbocycles. The minimum absolute atomic E-state index is 0.0868. The summed E-state index contributed by atoms with van der Waals surface area (Å²) in [7, 11) is 1.72. The molecule has 0 aromatic heterocycles. The van der Waals surface area contributed by atoms with Crippen LogP contribution in [0.5, 0.6) is 5.75 Å². The number of hydrogen-bond acceptors (Lipinski definition) is 3. The van der Waals surface area contributed by atoms with Crippen molar-refractivity contribution in [3.63, 3.8) is 0 Å². The van der Waals surface area contributed by atoms with Gasteiger partial charge in [-0.25, -0.2) is 0 Å². The van der Waals surface area contributed by atoms with Crippen molar-refractivity contribution in [1.29, 1.82) is 0 Å². The van der Waals surface area contributed by atoms with E-state index in [0.29, 0.717) is 17.9 Å². The van der Waals surface area contributed by atoms with E-state index in [1.165, 1.54) is 0 Å². The van der Waals surface area contributed by atoms with Crippen LogP contribution in [0.1, 0.15) is 35.7 Å². The van der Waals surface area contributed by atoms with Crippen LogP contribution in [0.15, 0.2) is 54.3 Å². The van der Waals surface area contributed by atoms with Gasteiger partial charge in [0.25, 0.3) is 11.8 Å². The fraction of sp³-hybridized carbons (Fsp3) is 0.238. The van der Waals surface area contributed by atoms with Crippen LogP contribution in [0, 0.1) is 0 Å². The Kier molecular flexibility index (Phi) is 5.37. The van der Waals surface area contributed by atoms with Crippen molar-refractivity contribution in [2.45, 2.75) is 19.8 Å². The number of ether oxygens (including phenoxy) is 1. The van der Waals surface area contributed by atoms with Crippen LogP contribution in [0.3, 0.4) is 0 Å². The third-order valence-corrected chi connectivity index (χ3v) is 4.25. The fourth-order valence-electron chi connectivity index (χ4n) is 2.71. The lowest BCUT2D eigenvalue weighted by Crippen LogP contribution is -2.33. The van der Waals surface area contributed by atoms with Gasteiger partial charge in [0.05, 0.1) is 5.69 Å². The van der Waals surface area contributed by atoms with E-state index in [9.17, 15) is 9.59 Å². The van der Waals surface area contributed by atoms with Gasteiger partial charge in [-0.1, -0.05) is 37.6 Å². The van der Waals surface area contributed by atoms with Gasteiger partial charge in [0.15, 0.2) is 11.5 Å². The fourth-order valence-corrected chi connectivity index (χ4v) is 2.71. The van der Waals surface area contributed by atoms with Crippen LogP contribution in [0.4, 0.5) is 5.69 Å². The molecule has 26 heavy (non-hydrogen) atoms. The van der Waals surface area contributed by atoms with Gasteiger partial charge in [-0.15, -0.1) is 0 Å². The van der Waals surface area contributed by atoms with Crippen molar-refractivity contribution >= 4 is 23.6 Å². The maximum Gasteiger partial charge on any atom is 0.293 e. The molecule has 0 unspecified atom stereocenters. The average Bonchev–Trinajstić information content (AvgIpc) is 2.66. The van der Waals surface area contributed by atoms with Crippen LogP contribution in [0.2, 0.25) is 0 Å². The number of amides is 2. The minimum Gasteiger partial charge on any atom is -0.449 e. The maximum atomic E-state index is 12.5. The van der Waals surface area contributed by atoms with Crippen molar-refractivity contribution in [1.82, 2.24) is 5.32 Å². The highest BCUT2D eigenvalue weighted by molar-refractivity contribution is 6.09. The lowest BCUT2D eigenvalue weighted by molar-refractivity contribution is -0.117.